The fourth-order valence-electron chi connectivity index (χ4n) is 1.22. The largest absolute Gasteiger partial charge is 0.497 e. The second-order valence-corrected chi connectivity index (χ2v) is 3.85. The maximum absolute atomic E-state index is 10.8. The Bertz CT molecular complexity index is 404. The van der Waals surface area contributed by atoms with Crippen LogP contribution in [0, 0.1) is 10.1 Å². The lowest BCUT2D eigenvalue weighted by Crippen LogP contribution is -1.93. The van der Waals surface area contributed by atoms with Crippen LogP contribution in [0.5, 0.6) is 5.75 Å². The van der Waals surface area contributed by atoms with E-state index >= 15 is 0 Å². The molecular weight excluding hydrogens is 274 g/mol. The first-order chi connectivity index (χ1) is 7.69. The van der Waals surface area contributed by atoms with E-state index in [1.165, 1.54) is 13.2 Å². The average molecular weight is 286 g/mol. The molecule has 16 heavy (non-hydrogen) atoms. The zero-order chi connectivity index (χ0) is 12.0. The standard InChI is InChI=1S/C11H12BrNO3/c1-16-10-6-5-9(4-2-3-7-12)11(8-10)13(14)15/h2,4-6,8H,3,7H2,1H3. The highest BCUT2D eigenvalue weighted by Gasteiger charge is 2.12. The van der Waals surface area contributed by atoms with Gasteiger partial charge in [-0.3, -0.25) is 10.1 Å². The SMILES string of the molecule is COc1ccc(C=CCCBr)c([N+](=O)[O-])c1. The van der Waals surface area contributed by atoms with Gasteiger partial charge in [-0.05, 0) is 18.6 Å². The van der Waals surface area contributed by atoms with Gasteiger partial charge < -0.3 is 4.74 Å². The Kier molecular flexibility index (Phi) is 4.98. The quantitative estimate of drug-likeness (QED) is 0.473. The lowest BCUT2D eigenvalue weighted by atomic mass is 10.1. The Labute approximate surface area is 102 Å². The summed E-state index contributed by atoms with van der Waals surface area (Å²) in [7, 11) is 1.49. The van der Waals surface area contributed by atoms with Gasteiger partial charge in [-0.15, -0.1) is 0 Å². The lowest BCUT2D eigenvalue weighted by molar-refractivity contribution is -0.385. The minimum absolute atomic E-state index is 0.0603. The molecule has 86 valence electrons. The molecule has 0 saturated heterocycles. The van der Waals surface area contributed by atoms with Crippen molar-refractivity contribution >= 4 is 27.7 Å². The van der Waals surface area contributed by atoms with Gasteiger partial charge in [-0.2, -0.15) is 0 Å². The van der Waals surface area contributed by atoms with Crippen molar-refractivity contribution in [2.24, 2.45) is 0 Å². The molecule has 0 aliphatic rings. The fraction of sp³-hybridized carbons (Fsp3) is 0.273. The molecule has 5 heteroatoms. The Morgan fingerprint density at radius 3 is 2.88 bits per heavy atom. The van der Waals surface area contributed by atoms with Crippen molar-refractivity contribution in [2.45, 2.75) is 6.42 Å². The van der Waals surface area contributed by atoms with Gasteiger partial charge in [0.25, 0.3) is 5.69 Å². The van der Waals surface area contributed by atoms with Crippen LogP contribution in [0.15, 0.2) is 24.3 Å². The molecule has 1 rings (SSSR count). The van der Waals surface area contributed by atoms with E-state index in [9.17, 15) is 10.1 Å². The van der Waals surface area contributed by atoms with Gasteiger partial charge in [-0.25, -0.2) is 0 Å². The number of hydrogen-bond donors (Lipinski definition) is 0. The third-order valence-electron chi connectivity index (χ3n) is 2.01. The molecule has 0 aromatic heterocycles. The van der Waals surface area contributed by atoms with E-state index < -0.39 is 4.92 Å². The van der Waals surface area contributed by atoms with Crippen LogP contribution >= 0.6 is 15.9 Å². The van der Waals surface area contributed by atoms with E-state index in [0.717, 1.165) is 11.8 Å². The van der Waals surface area contributed by atoms with Crippen LogP contribution in [-0.4, -0.2) is 17.4 Å². The summed E-state index contributed by atoms with van der Waals surface area (Å²) >= 11 is 3.29. The van der Waals surface area contributed by atoms with Gasteiger partial charge >= 0.3 is 0 Å². The Morgan fingerprint density at radius 2 is 2.31 bits per heavy atom. The Morgan fingerprint density at radius 1 is 1.56 bits per heavy atom. The summed E-state index contributed by atoms with van der Waals surface area (Å²) in [4.78, 5) is 10.4. The minimum atomic E-state index is -0.406. The lowest BCUT2D eigenvalue weighted by Gasteiger charge is -2.01. The zero-order valence-corrected chi connectivity index (χ0v) is 10.4. The van der Waals surface area contributed by atoms with Crippen LogP contribution in [0.2, 0.25) is 0 Å². The summed E-state index contributed by atoms with van der Waals surface area (Å²) in [6.07, 6.45) is 4.48. The molecule has 0 atom stereocenters. The zero-order valence-electron chi connectivity index (χ0n) is 8.85. The van der Waals surface area contributed by atoms with E-state index in [0.29, 0.717) is 11.3 Å². The number of rotatable bonds is 5. The van der Waals surface area contributed by atoms with Crippen LogP contribution in [0.25, 0.3) is 6.08 Å². The number of ether oxygens (including phenoxy) is 1. The van der Waals surface area contributed by atoms with Crippen molar-refractivity contribution in [3.05, 3.63) is 40.0 Å². The van der Waals surface area contributed by atoms with Gasteiger partial charge in [0.1, 0.15) is 5.75 Å². The molecule has 0 saturated carbocycles. The number of nitrogens with zero attached hydrogens (tertiary/aromatic N) is 1. The number of alkyl halides is 1. The second kappa shape index (κ2) is 6.27. The maximum atomic E-state index is 10.8. The summed E-state index contributed by atoms with van der Waals surface area (Å²) in [6, 6.07) is 4.82. The number of allylic oxidation sites excluding steroid dienone is 1. The van der Waals surface area contributed by atoms with E-state index in [1.807, 2.05) is 6.08 Å². The van der Waals surface area contributed by atoms with Gasteiger partial charge in [0.15, 0.2) is 0 Å². The van der Waals surface area contributed by atoms with Crippen LogP contribution in [0.3, 0.4) is 0 Å². The maximum Gasteiger partial charge on any atom is 0.280 e. The van der Waals surface area contributed by atoms with Crippen molar-refractivity contribution < 1.29 is 9.66 Å². The summed E-state index contributed by atoms with van der Waals surface area (Å²) in [6.45, 7) is 0. The Hall–Kier alpha value is -1.36. The average Bonchev–Trinajstić information content (AvgIpc) is 2.29. The number of methoxy groups -OCH3 is 1. The van der Waals surface area contributed by atoms with E-state index in [1.54, 1.807) is 18.2 Å². The van der Waals surface area contributed by atoms with Crippen molar-refractivity contribution in [1.29, 1.82) is 0 Å². The number of halogens is 1. The monoisotopic (exact) mass is 285 g/mol. The molecule has 1 aromatic rings. The van der Waals surface area contributed by atoms with Crippen molar-refractivity contribution in [1.82, 2.24) is 0 Å². The molecule has 0 radical (unpaired) electrons. The normalized spacial score (nSPS) is 10.6. The number of nitro benzene ring substituents is 1. The highest BCUT2D eigenvalue weighted by Crippen LogP contribution is 2.25. The minimum Gasteiger partial charge on any atom is -0.497 e. The van der Waals surface area contributed by atoms with Crippen LogP contribution in [-0.2, 0) is 0 Å². The van der Waals surface area contributed by atoms with Gasteiger partial charge in [0, 0.05) is 5.33 Å². The molecule has 1 aromatic carbocycles. The molecule has 0 bridgehead atoms. The highest BCUT2D eigenvalue weighted by atomic mass is 79.9. The van der Waals surface area contributed by atoms with Crippen LogP contribution in [0.4, 0.5) is 5.69 Å². The molecular formula is C11H12BrNO3. The van der Waals surface area contributed by atoms with Crippen molar-refractivity contribution in [3.63, 3.8) is 0 Å². The van der Waals surface area contributed by atoms with Gasteiger partial charge in [0.05, 0.1) is 23.7 Å². The number of benzene rings is 1. The van der Waals surface area contributed by atoms with Crippen LogP contribution < -0.4 is 4.74 Å². The highest BCUT2D eigenvalue weighted by molar-refractivity contribution is 9.09. The molecule has 0 spiro atoms. The first-order valence-electron chi connectivity index (χ1n) is 4.74. The molecule has 0 N–H and O–H groups in total. The summed E-state index contributed by atoms with van der Waals surface area (Å²) in [5.41, 5.74) is 0.650. The molecule has 0 aliphatic heterocycles. The van der Waals surface area contributed by atoms with E-state index in [2.05, 4.69) is 15.9 Å². The number of hydrogen-bond acceptors (Lipinski definition) is 3. The van der Waals surface area contributed by atoms with Gasteiger partial charge in [0.2, 0.25) is 0 Å². The first kappa shape index (κ1) is 12.7. The molecule has 0 aliphatic carbocycles. The second-order valence-electron chi connectivity index (χ2n) is 3.06. The summed E-state index contributed by atoms with van der Waals surface area (Å²) in [5.74, 6) is 0.490. The van der Waals surface area contributed by atoms with Crippen LogP contribution in [0.1, 0.15) is 12.0 Å². The molecule has 0 unspecified atom stereocenters. The molecule has 4 nitrogen and oxygen atoms in total. The topological polar surface area (TPSA) is 52.4 Å². The Balaban J connectivity index is 3.03. The van der Waals surface area contributed by atoms with E-state index in [4.69, 9.17) is 4.74 Å². The first-order valence-corrected chi connectivity index (χ1v) is 5.86. The summed E-state index contributed by atoms with van der Waals surface area (Å²) < 4.78 is 4.95. The number of nitro groups is 1. The predicted octanol–water partition coefficient (Wildman–Crippen LogP) is 3.40. The van der Waals surface area contributed by atoms with Gasteiger partial charge in [-0.1, -0.05) is 28.1 Å². The van der Waals surface area contributed by atoms with Crippen molar-refractivity contribution in [2.75, 3.05) is 12.4 Å². The van der Waals surface area contributed by atoms with E-state index in [-0.39, 0.29) is 5.69 Å². The van der Waals surface area contributed by atoms with Crippen molar-refractivity contribution in [3.8, 4) is 5.75 Å². The molecule has 0 amide bonds. The molecule has 0 fully saturated rings. The smallest absolute Gasteiger partial charge is 0.280 e. The molecule has 0 heterocycles. The third kappa shape index (κ3) is 3.34. The third-order valence-corrected chi connectivity index (χ3v) is 2.47. The predicted molar refractivity (Wildman–Crippen MR) is 67.1 cm³/mol. The fourth-order valence-corrected chi connectivity index (χ4v) is 1.49. The summed E-state index contributed by atoms with van der Waals surface area (Å²) in [5, 5.41) is 11.7.